The zero-order valence-corrected chi connectivity index (χ0v) is 13.9. The highest BCUT2D eigenvalue weighted by molar-refractivity contribution is 5.85. The second kappa shape index (κ2) is 7.88. The zero-order chi connectivity index (χ0) is 14.7. The first-order valence-electron chi connectivity index (χ1n) is 7.96. The van der Waals surface area contributed by atoms with Crippen LogP contribution in [-0.2, 0) is 11.2 Å². The molecule has 0 radical (unpaired) electrons. The lowest BCUT2D eigenvalue weighted by atomic mass is 9.72. The fraction of sp³-hybridized carbons (Fsp3) is 0.688. The van der Waals surface area contributed by atoms with Crippen LogP contribution in [0.4, 0.5) is 0 Å². The molecular formula is C16H25ClN4O. The summed E-state index contributed by atoms with van der Waals surface area (Å²) in [5.41, 5.74) is 0. The summed E-state index contributed by atoms with van der Waals surface area (Å²) < 4.78 is 0. The third-order valence-electron chi connectivity index (χ3n) is 4.99. The van der Waals surface area contributed by atoms with Crippen molar-refractivity contribution in [2.24, 2.45) is 17.8 Å². The minimum atomic E-state index is 0. The smallest absolute Gasteiger partial charge is 0.236 e. The van der Waals surface area contributed by atoms with Crippen LogP contribution >= 0.6 is 12.4 Å². The van der Waals surface area contributed by atoms with Gasteiger partial charge in [-0.15, -0.1) is 12.4 Å². The molecule has 0 unspecified atom stereocenters. The Morgan fingerprint density at radius 2 is 2.09 bits per heavy atom. The molecule has 5 nitrogen and oxygen atoms in total. The molecule has 3 atom stereocenters. The maximum absolute atomic E-state index is 12.1. The standard InChI is InChI=1S/C16H24N4O.ClH/c1-17-9-16(21)20-10-13-5-2-4-12(14(13)11-20)8-15-18-6-3-7-19-15;/h3,6-7,12-14,17H,2,4-5,8-11H2,1H3;1H/t12-,13-,14-;/m1./s1. The molecule has 1 aromatic heterocycles. The topological polar surface area (TPSA) is 58.1 Å². The van der Waals surface area contributed by atoms with Crippen molar-refractivity contribution in [2.75, 3.05) is 26.7 Å². The Morgan fingerprint density at radius 1 is 1.32 bits per heavy atom. The van der Waals surface area contributed by atoms with E-state index in [1.165, 1.54) is 19.3 Å². The van der Waals surface area contributed by atoms with Gasteiger partial charge in [-0.1, -0.05) is 6.42 Å². The Balaban J connectivity index is 0.00000176. The van der Waals surface area contributed by atoms with Crippen molar-refractivity contribution in [1.82, 2.24) is 20.2 Å². The van der Waals surface area contributed by atoms with Crippen LogP contribution in [0, 0.1) is 17.8 Å². The van der Waals surface area contributed by atoms with Gasteiger partial charge in [0, 0.05) is 31.9 Å². The Bertz CT molecular complexity index is 484. The van der Waals surface area contributed by atoms with Gasteiger partial charge in [0.05, 0.1) is 6.54 Å². The highest BCUT2D eigenvalue weighted by atomic mass is 35.5. The molecule has 1 saturated heterocycles. The molecule has 1 N–H and O–H groups in total. The third-order valence-corrected chi connectivity index (χ3v) is 4.99. The number of amides is 1. The third kappa shape index (κ3) is 3.76. The van der Waals surface area contributed by atoms with Crippen molar-refractivity contribution >= 4 is 18.3 Å². The number of nitrogens with zero attached hydrogens (tertiary/aromatic N) is 3. The van der Waals surface area contributed by atoms with E-state index in [0.29, 0.717) is 24.3 Å². The molecular weight excluding hydrogens is 300 g/mol. The largest absolute Gasteiger partial charge is 0.341 e. The first-order chi connectivity index (χ1) is 10.3. The molecule has 1 aromatic rings. The summed E-state index contributed by atoms with van der Waals surface area (Å²) in [5, 5.41) is 2.97. The molecule has 3 rings (SSSR count). The fourth-order valence-corrected chi connectivity index (χ4v) is 3.98. The second-order valence-electron chi connectivity index (χ2n) is 6.31. The minimum Gasteiger partial charge on any atom is -0.341 e. The van der Waals surface area contributed by atoms with Crippen LogP contribution in [0.2, 0.25) is 0 Å². The van der Waals surface area contributed by atoms with Crippen LogP contribution in [0.5, 0.6) is 0 Å². The van der Waals surface area contributed by atoms with E-state index in [0.717, 1.165) is 25.3 Å². The number of rotatable bonds is 4. The quantitative estimate of drug-likeness (QED) is 0.912. The van der Waals surface area contributed by atoms with Crippen molar-refractivity contribution in [3.63, 3.8) is 0 Å². The molecule has 0 aromatic carbocycles. The number of fused-ring (bicyclic) bond motifs is 1. The highest BCUT2D eigenvalue weighted by Gasteiger charge is 2.41. The molecule has 2 aliphatic rings. The summed E-state index contributed by atoms with van der Waals surface area (Å²) in [6, 6.07) is 1.86. The monoisotopic (exact) mass is 324 g/mol. The lowest BCUT2D eigenvalue weighted by Gasteiger charge is -2.32. The molecule has 0 bridgehead atoms. The van der Waals surface area contributed by atoms with Gasteiger partial charge >= 0.3 is 0 Å². The van der Waals surface area contributed by atoms with Gasteiger partial charge in [-0.05, 0) is 43.7 Å². The van der Waals surface area contributed by atoms with E-state index < -0.39 is 0 Å². The molecule has 1 aliphatic heterocycles. The maximum Gasteiger partial charge on any atom is 0.236 e. The fourth-order valence-electron chi connectivity index (χ4n) is 3.98. The van der Waals surface area contributed by atoms with Gasteiger partial charge in [-0.2, -0.15) is 0 Å². The first kappa shape index (κ1) is 17.2. The number of carbonyl (C=O) groups excluding carboxylic acids is 1. The summed E-state index contributed by atoms with van der Waals surface area (Å²) in [6.07, 6.45) is 8.37. The molecule has 6 heteroatoms. The second-order valence-corrected chi connectivity index (χ2v) is 6.31. The molecule has 0 spiro atoms. The van der Waals surface area contributed by atoms with Crippen molar-refractivity contribution in [3.05, 3.63) is 24.3 Å². The molecule has 1 aliphatic carbocycles. The van der Waals surface area contributed by atoms with Gasteiger partial charge in [0.15, 0.2) is 0 Å². The van der Waals surface area contributed by atoms with E-state index in [4.69, 9.17) is 0 Å². The van der Waals surface area contributed by atoms with Crippen LogP contribution in [-0.4, -0.2) is 47.5 Å². The average Bonchev–Trinajstić information content (AvgIpc) is 2.94. The van der Waals surface area contributed by atoms with Gasteiger partial charge in [0.2, 0.25) is 5.91 Å². The Kier molecular flexibility index (Phi) is 6.15. The van der Waals surface area contributed by atoms with Crippen molar-refractivity contribution < 1.29 is 4.79 Å². The Labute approximate surface area is 138 Å². The number of nitrogens with one attached hydrogen (secondary N) is 1. The number of halogens is 1. The van der Waals surface area contributed by atoms with Crippen LogP contribution in [0.3, 0.4) is 0 Å². The first-order valence-corrected chi connectivity index (χ1v) is 7.96. The number of hydrogen-bond donors (Lipinski definition) is 1. The molecule has 1 saturated carbocycles. The Hall–Kier alpha value is -1.20. The van der Waals surface area contributed by atoms with E-state index in [1.54, 1.807) is 0 Å². The van der Waals surface area contributed by atoms with E-state index in [1.807, 2.05) is 25.5 Å². The van der Waals surface area contributed by atoms with Crippen LogP contribution in [0.1, 0.15) is 25.1 Å². The van der Waals surface area contributed by atoms with Crippen molar-refractivity contribution in [1.29, 1.82) is 0 Å². The van der Waals surface area contributed by atoms with Crippen LogP contribution in [0.25, 0.3) is 0 Å². The summed E-state index contributed by atoms with van der Waals surface area (Å²) in [5.74, 6) is 3.11. The van der Waals surface area contributed by atoms with E-state index in [2.05, 4.69) is 20.2 Å². The average molecular weight is 325 g/mol. The number of likely N-dealkylation sites (N-methyl/N-ethyl adjacent to an activating group) is 1. The predicted octanol–water partition coefficient (Wildman–Crippen LogP) is 1.53. The summed E-state index contributed by atoms with van der Waals surface area (Å²) in [7, 11) is 1.83. The lowest BCUT2D eigenvalue weighted by molar-refractivity contribution is -0.129. The number of hydrogen-bond acceptors (Lipinski definition) is 4. The van der Waals surface area contributed by atoms with Crippen molar-refractivity contribution in [3.8, 4) is 0 Å². The van der Waals surface area contributed by atoms with Gasteiger partial charge in [0.25, 0.3) is 0 Å². The lowest BCUT2D eigenvalue weighted by Crippen LogP contribution is -2.36. The van der Waals surface area contributed by atoms with Crippen molar-refractivity contribution in [2.45, 2.75) is 25.7 Å². The van der Waals surface area contributed by atoms with Gasteiger partial charge in [-0.25, -0.2) is 9.97 Å². The molecule has 2 heterocycles. The summed E-state index contributed by atoms with van der Waals surface area (Å²) in [6.45, 7) is 2.31. The van der Waals surface area contributed by atoms with E-state index >= 15 is 0 Å². The maximum atomic E-state index is 12.1. The van der Waals surface area contributed by atoms with Crippen LogP contribution < -0.4 is 5.32 Å². The van der Waals surface area contributed by atoms with Gasteiger partial charge < -0.3 is 10.2 Å². The zero-order valence-electron chi connectivity index (χ0n) is 13.1. The van der Waals surface area contributed by atoms with E-state index in [9.17, 15) is 4.79 Å². The number of carbonyl (C=O) groups is 1. The molecule has 22 heavy (non-hydrogen) atoms. The predicted molar refractivity (Wildman–Crippen MR) is 87.8 cm³/mol. The van der Waals surface area contributed by atoms with E-state index in [-0.39, 0.29) is 18.3 Å². The molecule has 1 amide bonds. The van der Waals surface area contributed by atoms with Crippen LogP contribution in [0.15, 0.2) is 18.5 Å². The SMILES string of the molecule is CNCC(=O)N1C[C@H]2CCC[C@H](Cc3ncccn3)[C@H]2C1.Cl. The molecule has 122 valence electrons. The number of likely N-dealkylation sites (tertiary alicyclic amines) is 1. The normalized spacial score (nSPS) is 27.1. The number of aromatic nitrogens is 2. The minimum absolute atomic E-state index is 0. The molecule has 2 fully saturated rings. The van der Waals surface area contributed by atoms with Gasteiger partial charge in [-0.3, -0.25) is 4.79 Å². The summed E-state index contributed by atoms with van der Waals surface area (Å²) in [4.78, 5) is 22.9. The highest BCUT2D eigenvalue weighted by Crippen LogP contribution is 2.41. The van der Waals surface area contributed by atoms with Gasteiger partial charge in [0.1, 0.15) is 5.82 Å². The summed E-state index contributed by atoms with van der Waals surface area (Å²) >= 11 is 0. The Morgan fingerprint density at radius 3 is 2.82 bits per heavy atom.